The zero-order valence-corrected chi connectivity index (χ0v) is 17.0. The minimum Gasteiger partial charge on any atom is -0.457 e. The number of aryl methyl sites for hydroxylation is 2. The van der Waals surface area contributed by atoms with E-state index in [1.165, 1.54) is 11.3 Å². The zero-order valence-electron chi connectivity index (χ0n) is 16.2. The van der Waals surface area contributed by atoms with Crippen LogP contribution in [0.4, 0.5) is 5.13 Å². The molecule has 0 saturated carbocycles. The Kier molecular flexibility index (Phi) is 4.36. The summed E-state index contributed by atoms with van der Waals surface area (Å²) < 4.78 is 8.31. The van der Waals surface area contributed by atoms with E-state index in [9.17, 15) is 4.79 Å². The van der Waals surface area contributed by atoms with Crippen LogP contribution in [0.1, 0.15) is 22.0 Å². The van der Waals surface area contributed by atoms with Crippen molar-refractivity contribution in [2.24, 2.45) is 0 Å². The van der Waals surface area contributed by atoms with Gasteiger partial charge < -0.3 is 4.74 Å². The molecule has 9 heteroatoms. The Morgan fingerprint density at radius 3 is 2.67 bits per heavy atom. The Morgan fingerprint density at radius 2 is 1.83 bits per heavy atom. The minimum atomic E-state index is -0.433. The monoisotopic (exact) mass is 416 g/mol. The van der Waals surface area contributed by atoms with Crippen molar-refractivity contribution in [2.75, 3.05) is 5.32 Å². The van der Waals surface area contributed by atoms with Gasteiger partial charge in [-0.05, 0) is 44.2 Å². The number of aromatic nitrogens is 5. The number of para-hydroxylation sites is 1. The van der Waals surface area contributed by atoms with Gasteiger partial charge in [0.15, 0.2) is 5.13 Å². The van der Waals surface area contributed by atoms with E-state index in [1.54, 1.807) is 4.52 Å². The first-order valence-electron chi connectivity index (χ1n) is 9.21. The van der Waals surface area contributed by atoms with Crippen LogP contribution in [-0.4, -0.2) is 30.5 Å². The van der Waals surface area contributed by atoms with E-state index in [0.29, 0.717) is 16.7 Å². The number of nitrogens with one attached hydrogen (secondary N) is 1. The topological polar surface area (TPSA) is 94.3 Å². The van der Waals surface area contributed by atoms with Gasteiger partial charge in [0.2, 0.25) is 5.82 Å². The molecule has 1 N–H and O–H groups in total. The van der Waals surface area contributed by atoms with Crippen LogP contribution < -0.4 is 10.1 Å². The molecule has 0 fully saturated rings. The molecule has 0 aliphatic heterocycles. The summed E-state index contributed by atoms with van der Waals surface area (Å²) in [7, 11) is 0. The lowest BCUT2D eigenvalue weighted by Gasteiger charge is -2.04. The number of ether oxygens (including phenoxy) is 1. The van der Waals surface area contributed by atoms with Crippen LogP contribution in [0.25, 0.3) is 16.0 Å². The molecule has 5 rings (SSSR count). The normalized spacial score (nSPS) is 11.1. The van der Waals surface area contributed by atoms with Crippen molar-refractivity contribution in [2.45, 2.75) is 13.8 Å². The summed E-state index contributed by atoms with van der Waals surface area (Å²) in [5, 5.41) is 7.49. The number of carbonyl (C=O) groups excluding carboxylic acids is 1. The molecular weight excluding hydrogens is 400 g/mol. The molecule has 30 heavy (non-hydrogen) atoms. The van der Waals surface area contributed by atoms with Gasteiger partial charge in [0.1, 0.15) is 11.5 Å². The number of anilines is 1. The van der Waals surface area contributed by atoms with Crippen LogP contribution >= 0.6 is 11.3 Å². The molecule has 8 nitrogen and oxygen atoms in total. The third-order valence-electron chi connectivity index (χ3n) is 4.38. The lowest BCUT2D eigenvalue weighted by molar-refractivity contribution is 0.101. The lowest BCUT2D eigenvalue weighted by Crippen LogP contribution is -2.13. The van der Waals surface area contributed by atoms with Gasteiger partial charge in [0.25, 0.3) is 11.7 Å². The molecule has 148 valence electrons. The maximum absolute atomic E-state index is 12.6. The molecule has 0 radical (unpaired) electrons. The molecular formula is C21H16N6O2S. The molecule has 0 atom stereocenters. The summed E-state index contributed by atoms with van der Waals surface area (Å²) in [6.07, 6.45) is 0. The number of hydrogen-bond donors (Lipinski definition) is 1. The predicted octanol–water partition coefficient (Wildman–Crippen LogP) is 4.40. The van der Waals surface area contributed by atoms with E-state index in [2.05, 4.69) is 25.4 Å². The number of fused-ring (bicyclic) bond motifs is 2. The highest BCUT2D eigenvalue weighted by Crippen LogP contribution is 2.31. The van der Waals surface area contributed by atoms with Gasteiger partial charge in [0.05, 0.1) is 10.2 Å². The van der Waals surface area contributed by atoms with Crippen molar-refractivity contribution in [1.82, 2.24) is 24.6 Å². The van der Waals surface area contributed by atoms with Crippen molar-refractivity contribution >= 4 is 38.4 Å². The molecule has 0 saturated heterocycles. The second kappa shape index (κ2) is 7.20. The maximum Gasteiger partial charge on any atom is 0.297 e. The number of nitrogens with zero attached hydrogens (tertiary/aromatic N) is 5. The number of carbonyl (C=O) groups is 1. The average molecular weight is 416 g/mol. The van der Waals surface area contributed by atoms with Gasteiger partial charge in [-0.3, -0.25) is 10.1 Å². The van der Waals surface area contributed by atoms with Crippen LogP contribution in [0.3, 0.4) is 0 Å². The van der Waals surface area contributed by atoms with E-state index < -0.39 is 5.91 Å². The van der Waals surface area contributed by atoms with Gasteiger partial charge in [-0.25, -0.2) is 14.5 Å². The maximum atomic E-state index is 12.6. The van der Waals surface area contributed by atoms with Gasteiger partial charge in [-0.2, -0.15) is 4.98 Å². The van der Waals surface area contributed by atoms with Crippen LogP contribution in [0.5, 0.6) is 11.5 Å². The standard InChI is InChI=1S/C21H16N6O2S/c1-12-10-13(2)27-20(22-12)24-18(26-27)19(28)25-21-23-16-9-8-15(11-17(16)30-21)29-14-6-4-3-5-7-14/h3-11H,1-2H3,(H,23,25,28). The largest absolute Gasteiger partial charge is 0.457 e. The van der Waals surface area contributed by atoms with Crippen LogP contribution in [0, 0.1) is 13.8 Å². The van der Waals surface area contributed by atoms with Gasteiger partial charge >= 0.3 is 0 Å². The molecule has 5 aromatic rings. The molecule has 0 aliphatic carbocycles. The molecule has 0 aliphatic rings. The van der Waals surface area contributed by atoms with Gasteiger partial charge in [-0.15, -0.1) is 5.10 Å². The Balaban J connectivity index is 1.38. The van der Waals surface area contributed by atoms with Crippen molar-refractivity contribution in [1.29, 1.82) is 0 Å². The number of thiazole rings is 1. The number of amides is 1. The quantitative estimate of drug-likeness (QED) is 0.467. The molecule has 0 bridgehead atoms. The van der Waals surface area contributed by atoms with Crippen molar-refractivity contribution < 1.29 is 9.53 Å². The number of rotatable bonds is 4. The summed E-state index contributed by atoms with van der Waals surface area (Å²) in [6.45, 7) is 3.76. The highest BCUT2D eigenvalue weighted by atomic mass is 32.1. The molecule has 3 heterocycles. The molecule has 0 spiro atoms. The van der Waals surface area contributed by atoms with E-state index in [-0.39, 0.29) is 5.82 Å². The third kappa shape index (κ3) is 3.46. The van der Waals surface area contributed by atoms with Crippen molar-refractivity contribution in [3.05, 3.63) is 71.8 Å². The van der Waals surface area contributed by atoms with Gasteiger partial charge in [-0.1, -0.05) is 29.5 Å². The first-order valence-corrected chi connectivity index (χ1v) is 10.0. The van der Waals surface area contributed by atoms with E-state index in [0.717, 1.165) is 27.4 Å². The average Bonchev–Trinajstić information content (AvgIpc) is 3.32. The summed E-state index contributed by atoms with van der Waals surface area (Å²) in [5.41, 5.74) is 2.45. The SMILES string of the molecule is Cc1cc(C)n2nc(C(=O)Nc3nc4ccc(Oc5ccccc5)cc4s3)nc2n1. The second-order valence-corrected chi connectivity index (χ2v) is 7.73. The highest BCUT2D eigenvalue weighted by Gasteiger charge is 2.17. The van der Waals surface area contributed by atoms with Gasteiger partial charge in [0, 0.05) is 17.5 Å². The fourth-order valence-corrected chi connectivity index (χ4v) is 3.95. The Labute approximate surface area is 175 Å². The Morgan fingerprint density at radius 1 is 1.00 bits per heavy atom. The Bertz CT molecular complexity index is 1390. The summed E-state index contributed by atoms with van der Waals surface area (Å²) in [5.74, 6) is 1.46. The molecule has 0 unspecified atom stereocenters. The summed E-state index contributed by atoms with van der Waals surface area (Å²) >= 11 is 1.36. The molecule has 1 amide bonds. The van der Waals surface area contributed by atoms with Crippen LogP contribution in [0.2, 0.25) is 0 Å². The van der Waals surface area contributed by atoms with E-state index >= 15 is 0 Å². The van der Waals surface area contributed by atoms with E-state index in [4.69, 9.17) is 4.74 Å². The second-order valence-electron chi connectivity index (χ2n) is 6.70. The third-order valence-corrected chi connectivity index (χ3v) is 5.31. The van der Waals surface area contributed by atoms with Crippen molar-refractivity contribution in [3.8, 4) is 11.5 Å². The Hall–Kier alpha value is -3.85. The summed E-state index contributed by atoms with van der Waals surface area (Å²) in [4.78, 5) is 25.6. The summed E-state index contributed by atoms with van der Waals surface area (Å²) in [6, 6.07) is 17.0. The predicted molar refractivity (Wildman–Crippen MR) is 114 cm³/mol. The van der Waals surface area contributed by atoms with Crippen molar-refractivity contribution in [3.63, 3.8) is 0 Å². The highest BCUT2D eigenvalue weighted by molar-refractivity contribution is 7.22. The van der Waals surface area contributed by atoms with Crippen LogP contribution in [-0.2, 0) is 0 Å². The zero-order chi connectivity index (χ0) is 20.7. The molecule has 2 aromatic carbocycles. The lowest BCUT2D eigenvalue weighted by atomic mass is 10.3. The minimum absolute atomic E-state index is 0.0450. The smallest absolute Gasteiger partial charge is 0.297 e. The number of hydrogen-bond acceptors (Lipinski definition) is 7. The molecule has 3 aromatic heterocycles. The van der Waals surface area contributed by atoms with E-state index in [1.807, 2.05) is 68.4 Å². The number of benzene rings is 2. The first kappa shape index (κ1) is 18.2. The first-order chi connectivity index (χ1) is 14.5. The van der Waals surface area contributed by atoms with Crippen LogP contribution in [0.15, 0.2) is 54.6 Å². The fraction of sp³-hybridized carbons (Fsp3) is 0.0952. The fourth-order valence-electron chi connectivity index (χ4n) is 3.06.